The molecular weight excluding hydrogens is 509 g/mol. The number of benzene rings is 2. The number of ether oxygens (including phenoxy) is 2. The van der Waals surface area contributed by atoms with E-state index in [0.29, 0.717) is 43.7 Å². The number of nitrogens with one attached hydrogen (secondary N) is 2. The van der Waals surface area contributed by atoms with E-state index < -0.39 is 11.8 Å². The number of amides is 2. The molecule has 2 aromatic rings. The molecular formula is C21H22BrCl2N3O4. The molecule has 0 saturated heterocycles. The van der Waals surface area contributed by atoms with Gasteiger partial charge in [-0.25, -0.2) is 5.43 Å². The van der Waals surface area contributed by atoms with E-state index in [0.717, 1.165) is 12.8 Å². The Morgan fingerprint density at radius 2 is 1.90 bits per heavy atom. The number of nitrogens with zero attached hydrogens (tertiary/aromatic N) is 1. The average Bonchev–Trinajstić information content (AvgIpc) is 2.74. The molecule has 0 radical (unpaired) electrons. The van der Waals surface area contributed by atoms with Gasteiger partial charge in [0.2, 0.25) is 0 Å². The topological polar surface area (TPSA) is 89.0 Å². The number of rotatable bonds is 9. The van der Waals surface area contributed by atoms with Crippen molar-refractivity contribution in [2.75, 3.05) is 13.7 Å². The zero-order chi connectivity index (χ0) is 22.8. The first-order chi connectivity index (χ1) is 14.9. The lowest BCUT2D eigenvalue weighted by atomic mass is 10.2. The molecule has 0 aliphatic heterocycles. The number of hydrogen-bond donors (Lipinski definition) is 2. The minimum absolute atomic E-state index is 0.143. The number of carbonyl (C=O) groups excluding carboxylic acids is 2. The Morgan fingerprint density at radius 3 is 2.55 bits per heavy atom. The molecule has 0 saturated carbocycles. The summed E-state index contributed by atoms with van der Waals surface area (Å²) < 4.78 is 11.9. The molecule has 31 heavy (non-hydrogen) atoms. The fraction of sp³-hybridized carbons (Fsp3) is 0.286. The monoisotopic (exact) mass is 529 g/mol. The zero-order valence-electron chi connectivity index (χ0n) is 17.0. The second kappa shape index (κ2) is 12.5. The van der Waals surface area contributed by atoms with Gasteiger partial charge in [-0.15, -0.1) is 0 Å². The first kappa shape index (κ1) is 25.0. The third-order valence-electron chi connectivity index (χ3n) is 4.08. The summed E-state index contributed by atoms with van der Waals surface area (Å²) in [4.78, 5) is 23.4. The summed E-state index contributed by atoms with van der Waals surface area (Å²) in [7, 11) is 1.50. The van der Waals surface area contributed by atoms with Crippen LogP contribution in [0.15, 0.2) is 39.9 Å². The maximum atomic E-state index is 11.7. The smallest absolute Gasteiger partial charge is 0.329 e. The summed E-state index contributed by atoms with van der Waals surface area (Å²) >= 11 is 15.8. The van der Waals surface area contributed by atoms with Gasteiger partial charge in [-0.3, -0.25) is 9.59 Å². The summed E-state index contributed by atoms with van der Waals surface area (Å²) in [5.41, 5.74) is 3.46. The Morgan fingerprint density at radius 1 is 1.19 bits per heavy atom. The first-order valence-corrected chi connectivity index (χ1v) is 11.0. The van der Waals surface area contributed by atoms with Crippen LogP contribution in [0.5, 0.6) is 11.5 Å². The van der Waals surface area contributed by atoms with Crippen LogP contribution in [0.1, 0.15) is 30.9 Å². The molecule has 2 rings (SSSR count). The van der Waals surface area contributed by atoms with Gasteiger partial charge in [0.05, 0.1) is 17.8 Å². The van der Waals surface area contributed by atoms with Crippen LogP contribution < -0.4 is 20.2 Å². The van der Waals surface area contributed by atoms with Crippen molar-refractivity contribution < 1.29 is 19.1 Å². The lowest BCUT2D eigenvalue weighted by molar-refractivity contribution is -0.139. The van der Waals surface area contributed by atoms with Crippen molar-refractivity contribution in [2.45, 2.75) is 26.4 Å². The number of methoxy groups -OCH3 is 1. The summed E-state index contributed by atoms with van der Waals surface area (Å²) in [5.74, 6) is -0.682. The van der Waals surface area contributed by atoms with E-state index in [2.05, 4.69) is 31.8 Å². The van der Waals surface area contributed by atoms with E-state index in [1.807, 2.05) is 6.92 Å². The minimum Gasteiger partial charge on any atom is -0.493 e. The van der Waals surface area contributed by atoms with Crippen molar-refractivity contribution in [3.63, 3.8) is 0 Å². The molecule has 0 unspecified atom stereocenters. The van der Waals surface area contributed by atoms with Gasteiger partial charge < -0.3 is 14.8 Å². The largest absolute Gasteiger partial charge is 0.493 e. The normalized spacial score (nSPS) is 10.7. The van der Waals surface area contributed by atoms with E-state index in [-0.39, 0.29) is 6.61 Å². The van der Waals surface area contributed by atoms with Crippen LogP contribution in [0.3, 0.4) is 0 Å². The maximum absolute atomic E-state index is 11.7. The molecule has 10 heteroatoms. The van der Waals surface area contributed by atoms with Crippen molar-refractivity contribution in [3.05, 3.63) is 56.0 Å². The Kier molecular flexibility index (Phi) is 10.1. The number of carbonyl (C=O) groups is 2. The molecule has 2 aromatic carbocycles. The predicted molar refractivity (Wildman–Crippen MR) is 125 cm³/mol. The highest BCUT2D eigenvalue weighted by Crippen LogP contribution is 2.37. The average molecular weight is 531 g/mol. The number of halogens is 3. The molecule has 0 fully saturated rings. The lowest BCUT2D eigenvalue weighted by Gasteiger charge is -2.14. The van der Waals surface area contributed by atoms with Gasteiger partial charge in [-0.1, -0.05) is 42.6 Å². The van der Waals surface area contributed by atoms with Crippen LogP contribution in [0.4, 0.5) is 0 Å². The van der Waals surface area contributed by atoms with Crippen LogP contribution in [-0.4, -0.2) is 31.7 Å². The van der Waals surface area contributed by atoms with E-state index in [1.54, 1.807) is 30.3 Å². The molecule has 0 bridgehead atoms. The molecule has 0 atom stereocenters. The molecule has 7 nitrogen and oxygen atoms in total. The predicted octanol–water partition coefficient (Wildman–Crippen LogP) is 4.71. The summed E-state index contributed by atoms with van der Waals surface area (Å²) in [5, 5.41) is 7.33. The van der Waals surface area contributed by atoms with Crippen molar-refractivity contribution >= 4 is 57.2 Å². The second-order valence-electron chi connectivity index (χ2n) is 6.33. The standard InChI is InChI=1S/C21H22BrCl2N3O4/c1-3-4-8-25-20(28)21(29)27-26-11-13-9-15(22)19(18(10-13)30-2)31-12-14-16(23)6-5-7-17(14)24/h5-7,9-11H,3-4,8,12H2,1-2H3,(H,25,28)(H,27,29)/b26-11-. The van der Waals surface area contributed by atoms with Crippen LogP contribution in [-0.2, 0) is 16.2 Å². The number of hydrogen-bond acceptors (Lipinski definition) is 5. The Labute approximate surface area is 199 Å². The summed E-state index contributed by atoms with van der Waals surface area (Å²) in [6.07, 6.45) is 3.11. The Bertz CT molecular complexity index is 950. The molecule has 0 heterocycles. The molecule has 0 aromatic heterocycles. The molecule has 2 amide bonds. The van der Waals surface area contributed by atoms with E-state index in [1.165, 1.54) is 13.3 Å². The highest BCUT2D eigenvalue weighted by molar-refractivity contribution is 9.10. The van der Waals surface area contributed by atoms with Gasteiger partial charge in [0, 0.05) is 22.2 Å². The molecule has 0 aliphatic rings. The molecule has 0 aliphatic carbocycles. The fourth-order valence-corrected chi connectivity index (χ4v) is 3.52. The third kappa shape index (κ3) is 7.41. The van der Waals surface area contributed by atoms with Gasteiger partial charge >= 0.3 is 11.8 Å². The van der Waals surface area contributed by atoms with Gasteiger partial charge in [-0.05, 0) is 52.2 Å². The highest BCUT2D eigenvalue weighted by Gasteiger charge is 2.14. The van der Waals surface area contributed by atoms with Gasteiger partial charge in [-0.2, -0.15) is 5.10 Å². The van der Waals surface area contributed by atoms with E-state index >= 15 is 0 Å². The number of unbranched alkanes of at least 4 members (excludes halogenated alkanes) is 1. The second-order valence-corrected chi connectivity index (χ2v) is 8.00. The van der Waals surface area contributed by atoms with Crippen LogP contribution in [0.25, 0.3) is 0 Å². The molecule has 166 valence electrons. The van der Waals surface area contributed by atoms with Gasteiger partial charge in [0.25, 0.3) is 0 Å². The van der Waals surface area contributed by atoms with E-state index in [9.17, 15) is 9.59 Å². The fourth-order valence-electron chi connectivity index (χ4n) is 2.44. The van der Waals surface area contributed by atoms with Crippen LogP contribution in [0.2, 0.25) is 10.0 Å². The van der Waals surface area contributed by atoms with Crippen molar-refractivity contribution in [1.29, 1.82) is 0 Å². The van der Waals surface area contributed by atoms with Crippen LogP contribution in [0, 0.1) is 0 Å². The molecule has 2 N–H and O–H groups in total. The highest BCUT2D eigenvalue weighted by atomic mass is 79.9. The summed E-state index contributed by atoms with van der Waals surface area (Å²) in [6, 6.07) is 8.62. The third-order valence-corrected chi connectivity index (χ3v) is 5.37. The lowest BCUT2D eigenvalue weighted by Crippen LogP contribution is -2.38. The SMILES string of the molecule is CCCCNC(=O)C(=O)N/N=C\c1cc(Br)c(OCc2c(Cl)cccc2Cl)c(OC)c1. The van der Waals surface area contributed by atoms with E-state index in [4.69, 9.17) is 32.7 Å². The number of hydrazone groups is 1. The Balaban J connectivity index is 2.05. The van der Waals surface area contributed by atoms with Crippen molar-refractivity contribution in [3.8, 4) is 11.5 Å². The minimum atomic E-state index is -0.838. The van der Waals surface area contributed by atoms with Gasteiger partial charge in [0.15, 0.2) is 11.5 Å². The van der Waals surface area contributed by atoms with Crippen molar-refractivity contribution in [1.82, 2.24) is 10.7 Å². The quantitative estimate of drug-likeness (QED) is 0.213. The van der Waals surface area contributed by atoms with Crippen molar-refractivity contribution in [2.24, 2.45) is 5.10 Å². The summed E-state index contributed by atoms with van der Waals surface area (Å²) in [6.45, 7) is 2.58. The van der Waals surface area contributed by atoms with Gasteiger partial charge in [0.1, 0.15) is 6.61 Å². The van der Waals surface area contributed by atoms with Crippen LogP contribution >= 0.6 is 39.1 Å². The molecule has 0 spiro atoms. The maximum Gasteiger partial charge on any atom is 0.329 e. The zero-order valence-corrected chi connectivity index (χ0v) is 20.1. The Hall–Kier alpha value is -2.29. The first-order valence-electron chi connectivity index (χ1n) is 9.41.